The highest BCUT2D eigenvalue weighted by molar-refractivity contribution is 14.1. The number of allylic oxidation sites excluding steroid dienone is 5. The number of aliphatic hydroxyl groups excluding tert-OH is 1. The lowest BCUT2D eigenvalue weighted by atomic mass is 9.97. The van der Waals surface area contributed by atoms with Gasteiger partial charge in [-0.1, -0.05) is 79.3 Å². The number of aliphatic hydroxyl groups is 1. The Morgan fingerprint density at radius 2 is 1.88 bits per heavy atom. The molecule has 0 aromatic heterocycles. The van der Waals surface area contributed by atoms with E-state index in [9.17, 15) is 19.5 Å². The smallest absolute Gasteiger partial charge is 0.373 e. The van der Waals surface area contributed by atoms with Gasteiger partial charge in [0, 0.05) is 24.8 Å². The van der Waals surface area contributed by atoms with E-state index in [1.165, 1.54) is 19.4 Å². The average Bonchev–Trinajstić information content (AvgIpc) is 2.96. The number of rotatable bonds is 15. The minimum Gasteiger partial charge on any atom is -0.490 e. The topological polar surface area (TPSA) is 114 Å². The fourth-order valence-corrected chi connectivity index (χ4v) is 4.36. The average molecular weight is 689 g/mol. The first-order chi connectivity index (χ1) is 20.1. The molecule has 3 N–H and O–H groups in total. The van der Waals surface area contributed by atoms with E-state index in [0.717, 1.165) is 14.7 Å². The lowest BCUT2D eigenvalue weighted by Crippen LogP contribution is -2.46. The molecule has 1 aliphatic heterocycles. The number of esters is 1. The molecule has 0 spiro atoms. The summed E-state index contributed by atoms with van der Waals surface area (Å²) in [5, 5.41) is 15.5. The molecule has 0 radical (unpaired) electrons. The Morgan fingerprint density at radius 1 is 1.17 bits per heavy atom. The van der Waals surface area contributed by atoms with Gasteiger partial charge in [0.15, 0.2) is 5.76 Å². The van der Waals surface area contributed by atoms with Crippen LogP contribution in [0.5, 0.6) is 0 Å². The summed E-state index contributed by atoms with van der Waals surface area (Å²) in [4.78, 5) is 37.5. The number of benzene rings is 1. The first-order valence-corrected chi connectivity index (χ1v) is 14.9. The van der Waals surface area contributed by atoms with Crippen molar-refractivity contribution in [3.05, 3.63) is 106 Å². The van der Waals surface area contributed by atoms with Gasteiger partial charge in [-0.15, -0.1) is 0 Å². The molecule has 0 bridgehead atoms. The number of nitrogens with one attached hydrogen (secondary N) is 2. The molecule has 42 heavy (non-hydrogen) atoms. The Labute approximate surface area is 262 Å². The summed E-state index contributed by atoms with van der Waals surface area (Å²) in [6.45, 7) is 5.87. The van der Waals surface area contributed by atoms with Gasteiger partial charge in [-0.2, -0.15) is 0 Å². The van der Waals surface area contributed by atoms with E-state index in [1.807, 2.05) is 69.3 Å². The summed E-state index contributed by atoms with van der Waals surface area (Å²) in [5.74, 6) is -0.991. The minimum atomic E-state index is -0.791. The van der Waals surface area contributed by atoms with E-state index in [1.54, 1.807) is 24.3 Å². The molecular weight excluding hydrogens is 647 g/mol. The molecule has 0 unspecified atom stereocenters. The number of hydrogen-bond acceptors (Lipinski definition) is 6. The van der Waals surface area contributed by atoms with Crippen molar-refractivity contribution in [2.24, 2.45) is 5.92 Å². The van der Waals surface area contributed by atoms with Gasteiger partial charge < -0.3 is 25.2 Å². The summed E-state index contributed by atoms with van der Waals surface area (Å²) in [7, 11) is 1.44. The number of carbonyl (C=O) groups is 3. The number of carbonyl (C=O) groups excluding carboxylic acids is 3. The second kappa shape index (κ2) is 18.9. The molecule has 4 atom stereocenters. The fourth-order valence-electron chi connectivity index (χ4n) is 4.11. The highest BCUT2D eigenvalue weighted by Crippen LogP contribution is 2.22. The van der Waals surface area contributed by atoms with Crippen LogP contribution >= 0.6 is 22.6 Å². The van der Waals surface area contributed by atoms with E-state index >= 15 is 0 Å². The molecule has 2 amide bonds. The SMILES string of the molecule is COC1=CC[C@@H]([C@@H](C)/C=C(C)/C=C\C=C/C(=O)N[C@@H](Cc2ccccc2)C(=O)N/C=C\C[C@@H](O)C/C=C(\C)I)OC1=O. The van der Waals surface area contributed by atoms with Gasteiger partial charge in [-0.05, 0) is 70.7 Å². The lowest BCUT2D eigenvalue weighted by Gasteiger charge is -2.25. The van der Waals surface area contributed by atoms with E-state index in [0.29, 0.717) is 25.7 Å². The quantitative estimate of drug-likeness (QED) is 0.0990. The zero-order valence-corrected chi connectivity index (χ0v) is 26.7. The molecule has 1 aromatic rings. The summed E-state index contributed by atoms with van der Waals surface area (Å²) >= 11 is 2.19. The second-order valence-corrected chi connectivity index (χ2v) is 11.7. The van der Waals surface area contributed by atoms with Crippen LogP contribution in [0.4, 0.5) is 0 Å². The number of methoxy groups -OCH3 is 1. The maximum atomic E-state index is 12.9. The number of ether oxygens (including phenoxy) is 2. The van der Waals surface area contributed by atoms with Crippen molar-refractivity contribution in [1.82, 2.24) is 10.6 Å². The van der Waals surface area contributed by atoms with Gasteiger partial charge in [0.1, 0.15) is 12.1 Å². The molecule has 2 rings (SSSR count). The summed E-state index contributed by atoms with van der Waals surface area (Å²) in [5.41, 5.74) is 1.86. The molecule has 0 saturated heterocycles. The molecular formula is C33H41IN2O6. The standard InChI is InChI=1S/C33H41IN2O6/c1-23(21-24(2)29-18-19-30(41-4)33(40)42-29)11-8-9-15-31(38)36-28(22-26-12-6-5-7-13-26)32(39)35-20-10-14-27(37)17-16-25(3)34/h5-13,15-16,19-21,24,27-29,37H,14,17-18,22H2,1-4H3,(H,35,39)(H,36,38)/b11-8-,15-9-,20-10-,23-21+,25-16+/t24-,27+,28-,29-/m0/s1. The largest absolute Gasteiger partial charge is 0.490 e. The predicted molar refractivity (Wildman–Crippen MR) is 173 cm³/mol. The Bertz CT molecular complexity index is 1230. The van der Waals surface area contributed by atoms with Gasteiger partial charge in [0.25, 0.3) is 0 Å². The van der Waals surface area contributed by atoms with E-state index in [4.69, 9.17) is 9.47 Å². The summed E-state index contributed by atoms with van der Waals surface area (Å²) in [6.07, 6.45) is 16.5. The Morgan fingerprint density at radius 3 is 2.55 bits per heavy atom. The summed E-state index contributed by atoms with van der Waals surface area (Å²) in [6, 6.07) is 8.66. The van der Waals surface area contributed by atoms with Crippen molar-refractivity contribution in [2.75, 3.05) is 7.11 Å². The molecule has 1 aromatic carbocycles. The second-order valence-electron chi connectivity index (χ2n) is 10.0. The van der Waals surface area contributed by atoms with Crippen LogP contribution in [0.3, 0.4) is 0 Å². The maximum Gasteiger partial charge on any atom is 0.373 e. The third kappa shape index (κ3) is 13.5. The Kier molecular flexibility index (Phi) is 15.6. The highest BCUT2D eigenvalue weighted by Gasteiger charge is 2.27. The van der Waals surface area contributed by atoms with Crippen molar-refractivity contribution in [2.45, 2.75) is 64.7 Å². The van der Waals surface area contributed by atoms with Crippen LogP contribution in [0.25, 0.3) is 0 Å². The van der Waals surface area contributed by atoms with Gasteiger partial charge in [0.05, 0.1) is 13.2 Å². The van der Waals surface area contributed by atoms with Crippen LogP contribution in [0.15, 0.2) is 100 Å². The van der Waals surface area contributed by atoms with Crippen LogP contribution in [0.2, 0.25) is 0 Å². The maximum absolute atomic E-state index is 12.9. The lowest BCUT2D eigenvalue weighted by molar-refractivity contribution is -0.151. The van der Waals surface area contributed by atoms with Crippen molar-refractivity contribution in [1.29, 1.82) is 0 Å². The fraction of sp³-hybridized carbons (Fsp3) is 0.364. The first-order valence-electron chi connectivity index (χ1n) is 13.9. The van der Waals surface area contributed by atoms with E-state index < -0.39 is 24.0 Å². The number of cyclic esters (lactones) is 1. The number of hydrogen-bond donors (Lipinski definition) is 3. The number of amides is 2. The molecule has 226 valence electrons. The normalized spacial score (nSPS) is 18.5. The van der Waals surface area contributed by atoms with Crippen LogP contribution in [-0.2, 0) is 30.3 Å². The predicted octanol–water partition coefficient (Wildman–Crippen LogP) is 5.36. The van der Waals surface area contributed by atoms with E-state index in [2.05, 4.69) is 33.2 Å². The molecule has 0 aliphatic carbocycles. The van der Waals surface area contributed by atoms with Crippen LogP contribution in [-0.4, -0.2) is 48.2 Å². The third-order valence-corrected chi connectivity index (χ3v) is 6.82. The van der Waals surface area contributed by atoms with Crippen molar-refractivity contribution >= 4 is 40.4 Å². The first kappa shape index (κ1) is 34.8. The zero-order chi connectivity index (χ0) is 30.9. The van der Waals surface area contributed by atoms with Crippen molar-refractivity contribution in [3.8, 4) is 0 Å². The Hall–Kier alpha value is -3.44. The Balaban J connectivity index is 1.94. The molecule has 0 saturated carbocycles. The number of halogens is 1. The van der Waals surface area contributed by atoms with Crippen LogP contribution < -0.4 is 10.6 Å². The zero-order valence-electron chi connectivity index (χ0n) is 24.6. The van der Waals surface area contributed by atoms with E-state index in [-0.39, 0.29) is 23.7 Å². The van der Waals surface area contributed by atoms with Crippen molar-refractivity contribution < 1.29 is 29.0 Å². The van der Waals surface area contributed by atoms with Gasteiger partial charge in [0.2, 0.25) is 11.8 Å². The summed E-state index contributed by atoms with van der Waals surface area (Å²) < 4.78 is 11.5. The third-order valence-electron chi connectivity index (χ3n) is 6.38. The van der Waals surface area contributed by atoms with Gasteiger partial charge in [-0.3, -0.25) is 9.59 Å². The molecule has 1 heterocycles. The van der Waals surface area contributed by atoms with Crippen LogP contribution in [0, 0.1) is 5.92 Å². The molecule has 9 heteroatoms. The highest BCUT2D eigenvalue weighted by atomic mass is 127. The minimum absolute atomic E-state index is 0.00726. The molecule has 1 aliphatic rings. The molecule has 8 nitrogen and oxygen atoms in total. The van der Waals surface area contributed by atoms with Gasteiger partial charge in [-0.25, -0.2) is 4.79 Å². The monoisotopic (exact) mass is 688 g/mol. The molecule has 0 fully saturated rings. The van der Waals surface area contributed by atoms with Crippen molar-refractivity contribution in [3.63, 3.8) is 0 Å². The van der Waals surface area contributed by atoms with Gasteiger partial charge >= 0.3 is 5.97 Å². The van der Waals surface area contributed by atoms with Crippen LogP contribution in [0.1, 0.15) is 45.6 Å².